The van der Waals surface area contributed by atoms with E-state index in [0.29, 0.717) is 12.2 Å². The van der Waals surface area contributed by atoms with E-state index in [1.807, 2.05) is 7.05 Å². The number of thiol groups is 1. The first kappa shape index (κ1) is 13.8. The second-order valence-electron chi connectivity index (χ2n) is 3.34. The Labute approximate surface area is 92.4 Å². The van der Waals surface area contributed by atoms with Gasteiger partial charge < -0.3 is 10.6 Å². The minimum Gasteiger partial charge on any atom is -0.356 e. The minimum atomic E-state index is 0.121. The maximum Gasteiger partial charge on any atom is 0.220 e. The molecule has 0 atom stereocenters. The third-order valence-electron chi connectivity index (χ3n) is 2.01. The van der Waals surface area contributed by atoms with Gasteiger partial charge in [-0.05, 0) is 32.2 Å². The van der Waals surface area contributed by atoms with Crippen LogP contribution in [0.4, 0.5) is 0 Å². The SMILES string of the molecule is CNCCCCCCNC(=O)CCS. The summed E-state index contributed by atoms with van der Waals surface area (Å²) in [6.07, 6.45) is 5.28. The summed E-state index contributed by atoms with van der Waals surface area (Å²) in [5.41, 5.74) is 0. The Balaban J connectivity index is 3.01. The standard InChI is InChI=1S/C10H22N2OS/c1-11-7-4-2-3-5-8-12-10(13)6-9-14/h11,14H,2-9H2,1H3,(H,12,13). The molecule has 0 spiro atoms. The number of hydrogen-bond donors (Lipinski definition) is 3. The number of hydrogen-bond acceptors (Lipinski definition) is 3. The van der Waals surface area contributed by atoms with Crippen LogP contribution in [-0.2, 0) is 4.79 Å². The maximum absolute atomic E-state index is 11.0. The molecule has 0 unspecified atom stereocenters. The molecule has 1 amide bonds. The van der Waals surface area contributed by atoms with E-state index < -0.39 is 0 Å². The van der Waals surface area contributed by atoms with E-state index in [1.54, 1.807) is 0 Å². The molecule has 0 heterocycles. The molecule has 3 nitrogen and oxygen atoms in total. The predicted octanol–water partition coefficient (Wildman–Crippen LogP) is 1.20. The Morgan fingerprint density at radius 1 is 1.14 bits per heavy atom. The molecule has 4 heteroatoms. The number of unbranched alkanes of at least 4 members (excludes halogenated alkanes) is 3. The smallest absolute Gasteiger partial charge is 0.220 e. The zero-order valence-corrected chi connectivity index (χ0v) is 9.91. The van der Waals surface area contributed by atoms with Crippen molar-refractivity contribution in [2.45, 2.75) is 32.1 Å². The summed E-state index contributed by atoms with van der Waals surface area (Å²) < 4.78 is 0. The fourth-order valence-corrected chi connectivity index (χ4v) is 1.40. The Morgan fingerprint density at radius 2 is 1.79 bits per heavy atom. The van der Waals surface area contributed by atoms with Crippen molar-refractivity contribution in [2.75, 3.05) is 25.9 Å². The van der Waals surface area contributed by atoms with E-state index in [1.165, 1.54) is 19.3 Å². The molecule has 0 aliphatic heterocycles. The van der Waals surface area contributed by atoms with Crippen molar-refractivity contribution < 1.29 is 4.79 Å². The highest BCUT2D eigenvalue weighted by molar-refractivity contribution is 7.80. The van der Waals surface area contributed by atoms with Gasteiger partial charge in [0, 0.05) is 13.0 Å². The largest absolute Gasteiger partial charge is 0.356 e. The number of carbonyl (C=O) groups excluding carboxylic acids is 1. The van der Waals surface area contributed by atoms with Gasteiger partial charge in [-0.15, -0.1) is 0 Å². The second-order valence-corrected chi connectivity index (χ2v) is 3.79. The van der Waals surface area contributed by atoms with Crippen LogP contribution in [0.5, 0.6) is 0 Å². The second kappa shape index (κ2) is 10.9. The van der Waals surface area contributed by atoms with Gasteiger partial charge in [0.25, 0.3) is 0 Å². The summed E-state index contributed by atoms with van der Waals surface area (Å²) in [5, 5.41) is 5.99. The fraction of sp³-hybridized carbons (Fsp3) is 0.900. The summed E-state index contributed by atoms with van der Waals surface area (Å²) >= 11 is 3.99. The molecule has 0 rings (SSSR count). The minimum absolute atomic E-state index is 0.121. The summed E-state index contributed by atoms with van der Waals surface area (Å²) in [5.74, 6) is 0.754. The van der Waals surface area contributed by atoms with Gasteiger partial charge in [0.2, 0.25) is 5.91 Å². The first-order valence-corrected chi connectivity index (χ1v) is 5.96. The third-order valence-corrected chi connectivity index (χ3v) is 2.24. The van der Waals surface area contributed by atoms with Crippen LogP contribution in [0.2, 0.25) is 0 Å². The molecule has 0 radical (unpaired) electrons. The maximum atomic E-state index is 11.0. The average molecular weight is 218 g/mol. The molecule has 0 saturated carbocycles. The number of nitrogens with one attached hydrogen (secondary N) is 2. The van der Waals surface area contributed by atoms with Crippen LogP contribution in [0.15, 0.2) is 0 Å². The van der Waals surface area contributed by atoms with Gasteiger partial charge in [-0.1, -0.05) is 12.8 Å². The molecule has 2 N–H and O–H groups in total. The topological polar surface area (TPSA) is 41.1 Å². The van der Waals surface area contributed by atoms with E-state index in [2.05, 4.69) is 23.3 Å². The van der Waals surface area contributed by atoms with Crippen molar-refractivity contribution in [2.24, 2.45) is 0 Å². The van der Waals surface area contributed by atoms with Gasteiger partial charge in [-0.2, -0.15) is 12.6 Å². The lowest BCUT2D eigenvalue weighted by molar-refractivity contribution is -0.120. The normalized spacial score (nSPS) is 10.1. The van der Waals surface area contributed by atoms with Crippen molar-refractivity contribution in [1.82, 2.24) is 10.6 Å². The number of carbonyl (C=O) groups is 1. The van der Waals surface area contributed by atoms with Crippen molar-refractivity contribution >= 4 is 18.5 Å². The van der Waals surface area contributed by atoms with Crippen molar-refractivity contribution in [1.29, 1.82) is 0 Å². The molecule has 84 valence electrons. The zero-order chi connectivity index (χ0) is 10.6. The van der Waals surface area contributed by atoms with E-state index in [0.717, 1.165) is 19.5 Å². The van der Waals surface area contributed by atoms with E-state index in [4.69, 9.17) is 0 Å². The lowest BCUT2D eigenvalue weighted by Gasteiger charge is -2.03. The zero-order valence-electron chi connectivity index (χ0n) is 9.01. The summed E-state index contributed by atoms with van der Waals surface area (Å²) in [7, 11) is 1.97. The molecule has 0 aromatic rings. The Kier molecular flexibility index (Phi) is 10.7. The van der Waals surface area contributed by atoms with Crippen molar-refractivity contribution in [3.05, 3.63) is 0 Å². The van der Waals surface area contributed by atoms with E-state index in [9.17, 15) is 4.79 Å². The monoisotopic (exact) mass is 218 g/mol. The van der Waals surface area contributed by atoms with Gasteiger partial charge in [0.15, 0.2) is 0 Å². The van der Waals surface area contributed by atoms with Gasteiger partial charge in [-0.25, -0.2) is 0 Å². The van der Waals surface area contributed by atoms with Crippen LogP contribution < -0.4 is 10.6 Å². The third kappa shape index (κ3) is 9.86. The lowest BCUT2D eigenvalue weighted by Crippen LogP contribution is -2.24. The van der Waals surface area contributed by atoms with E-state index >= 15 is 0 Å². The summed E-state index contributed by atoms with van der Waals surface area (Å²) in [4.78, 5) is 11.0. The highest BCUT2D eigenvalue weighted by Gasteiger charge is 1.97. The molecule has 0 aromatic carbocycles. The fourth-order valence-electron chi connectivity index (χ4n) is 1.20. The van der Waals surface area contributed by atoms with Gasteiger partial charge in [0.05, 0.1) is 0 Å². The lowest BCUT2D eigenvalue weighted by atomic mass is 10.2. The number of rotatable bonds is 9. The molecule has 0 saturated heterocycles. The molecule has 14 heavy (non-hydrogen) atoms. The molecular weight excluding hydrogens is 196 g/mol. The highest BCUT2D eigenvalue weighted by Crippen LogP contribution is 1.97. The summed E-state index contributed by atoms with van der Waals surface area (Å²) in [6, 6.07) is 0. The first-order chi connectivity index (χ1) is 6.81. The van der Waals surface area contributed by atoms with Crippen LogP contribution >= 0.6 is 12.6 Å². The summed E-state index contributed by atoms with van der Waals surface area (Å²) in [6.45, 7) is 1.90. The average Bonchev–Trinajstić information content (AvgIpc) is 2.17. The Morgan fingerprint density at radius 3 is 2.36 bits per heavy atom. The number of amides is 1. The van der Waals surface area contributed by atoms with Crippen LogP contribution in [0, 0.1) is 0 Å². The van der Waals surface area contributed by atoms with Crippen LogP contribution in [0.3, 0.4) is 0 Å². The highest BCUT2D eigenvalue weighted by atomic mass is 32.1. The molecule has 0 aliphatic carbocycles. The predicted molar refractivity (Wildman–Crippen MR) is 63.9 cm³/mol. The van der Waals surface area contributed by atoms with Crippen LogP contribution in [0.25, 0.3) is 0 Å². The quantitative estimate of drug-likeness (QED) is 0.402. The molecule has 0 aromatic heterocycles. The van der Waals surface area contributed by atoms with Crippen molar-refractivity contribution in [3.63, 3.8) is 0 Å². The molecular formula is C10H22N2OS. The first-order valence-electron chi connectivity index (χ1n) is 5.33. The van der Waals surface area contributed by atoms with E-state index in [-0.39, 0.29) is 5.91 Å². The van der Waals surface area contributed by atoms with Crippen LogP contribution in [0.1, 0.15) is 32.1 Å². The van der Waals surface area contributed by atoms with Gasteiger partial charge in [-0.3, -0.25) is 4.79 Å². The molecule has 0 aliphatic rings. The van der Waals surface area contributed by atoms with Crippen molar-refractivity contribution in [3.8, 4) is 0 Å². The molecule has 0 bridgehead atoms. The van der Waals surface area contributed by atoms with Crippen LogP contribution in [-0.4, -0.2) is 31.8 Å². The Bertz CT molecular complexity index is 142. The van der Waals surface area contributed by atoms with Gasteiger partial charge >= 0.3 is 0 Å². The Hall–Kier alpha value is -0.220. The van der Waals surface area contributed by atoms with Gasteiger partial charge in [0.1, 0.15) is 0 Å². The molecule has 0 fully saturated rings.